The highest BCUT2D eigenvalue weighted by atomic mass is 16.5. The van der Waals surface area contributed by atoms with E-state index < -0.39 is 0 Å². The second-order valence-corrected chi connectivity index (χ2v) is 6.42. The molecule has 0 unspecified atom stereocenters. The van der Waals surface area contributed by atoms with E-state index in [1.165, 1.54) is 0 Å². The lowest BCUT2D eigenvalue weighted by Gasteiger charge is -2.26. The number of rotatable bonds is 7. The van der Waals surface area contributed by atoms with Gasteiger partial charge in [-0.1, -0.05) is 25.7 Å². The molecule has 1 aromatic heterocycles. The highest BCUT2D eigenvalue weighted by Gasteiger charge is 2.08. The van der Waals surface area contributed by atoms with Crippen molar-refractivity contribution in [2.45, 2.75) is 33.2 Å². The van der Waals surface area contributed by atoms with Crippen LogP contribution in [-0.2, 0) is 11.3 Å². The third-order valence-corrected chi connectivity index (χ3v) is 3.80. The lowest BCUT2D eigenvalue weighted by molar-refractivity contribution is 0.0374. The summed E-state index contributed by atoms with van der Waals surface area (Å²) in [6, 6.07) is 4.07. The quantitative estimate of drug-likeness (QED) is 0.619. The van der Waals surface area contributed by atoms with Gasteiger partial charge in [-0.3, -0.25) is 9.88 Å². The fourth-order valence-electron chi connectivity index (χ4n) is 2.48. The lowest BCUT2D eigenvalue weighted by atomic mass is 10.1. The van der Waals surface area contributed by atoms with Crippen LogP contribution in [0.2, 0.25) is 0 Å². The van der Waals surface area contributed by atoms with Gasteiger partial charge in [0.1, 0.15) is 0 Å². The molecular formula is C19H29N3O. The summed E-state index contributed by atoms with van der Waals surface area (Å²) >= 11 is 0. The van der Waals surface area contributed by atoms with Crippen LogP contribution in [0.4, 0.5) is 0 Å². The molecule has 0 amide bonds. The van der Waals surface area contributed by atoms with Crippen molar-refractivity contribution >= 4 is 0 Å². The van der Waals surface area contributed by atoms with E-state index in [-0.39, 0.29) is 0 Å². The molecule has 4 heteroatoms. The Morgan fingerprint density at radius 1 is 1.35 bits per heavy atom. The number of hydrogen-bond donors (Lipinski definition) is 1. The third kappa shape index (κ3) is 7.60. The number of nitrogens with one attached hydrogen (secondary N) is 1. The van der Waals surface area contributed by atoms with E-state index in [9.17, 15) is 0 Å². The average Bonchev–Trinajstić information content (AvgIpc) is 2.56. The van der Waals surface area contributed by atoms with Crippen LogP contribution < -0.4 is 5.32 Å². The lowest BCUT2D eigenvalue weighted by Crippen LogP contribution is -2.37. The van der Waals surface area contributed by atoms with Crippen LogP contribution >= 0.6 is 0 Å². The maximum absolute atomic E-state index is 5.36. The Balaban J connectivity index is 1.65. The minimum absolute atomic E-state index is 0.622. The average molecular weight is 315 g/mol. The first kappa shape index (κ1) is 17.9. The molecule has 23 heavy (non-hydrogen) atoms. The molecule has 0 spiro atoms. The number of pyridine rings is 1. The summed E-state index contributed by atoms with van der Waals surface area (Å²) in [5.74, 6) is 7.07. The topological polar surface area (TPSA) is 37.4 Å². The summed E-state index contributed by atoms with van der Waals surface area (Å²) in [6.45, 7) is 11.2. The molecule has 126 valence electrons. The van der Waals surface area contributed by atoms with Gasteiger partial charge in [0.15, 0.2) is 0 Å². The van der Waals surface area contributed by atoms with E-state index in [4.69, 9.17) is 4.74 Å². The van der Waals surface area contributed by atoms with Crippen molar-refractivity contribution in [3.8, 4) is 11.8 Å². The molecule has 1 fully saturated rings. The number of nitrogens with zero attached hydrogens (tertiary/aromatic N) is 2. The second kappa shape index (κ2) is 10.4. The zero-order chi connectivity index (χ0) is 16.3. The second-order valence-electron chi connectivity index (χ2n) is 6.42. The summed E-state index contributed by atoms with van der Waals surface area (Å²) in [5, 5.41) is 3.47. The standard InChI is InChI=1S/C19H29N3O/c1-17(2)5-3-6-18-7-9-21-19(15-18)16-20-8-4-10-22-11-13-23-14-12-22/h7,9,15,17,20H,4-5,8,10-14,16H2,1-2H3. The van der Waals surface area contributed by atoms with Crippen molar-refractivity contribution in [2.24, 2.45) is 5.92 Å². The predicted octanol–water partition coefficient (Wildman–Crippen LogP) is 2.29. The van der Waals surface area contributed by atoms with E-state index in [0.29, 0.717) is 5.92 Å². The Hall–Kier alpha value is -1.41. The van der Waals surface area contributed by atoms with Crippen LogP contribution in [0.15, 0.2) is 18.3 Å². The SMILES string of the molecule is CC(C)CC#Cc1ccnc(CNCCCN2CCOCC2)c1. The maximum Gasteiger partial charge on any atom is 0.0594 e. The Labute approximate surface area is 140 Å². The molecule has 0 aromatic carbocycles. The first-order chi connectivity index (χ1) is 11.2. The first-order valence-electron chi connectivity index (χ1n) is 8.68. The highest BCUT2D eigenvalue weighted by Crippen LogP contribution is 2.02. The normalized spacial score (nSPS) is 15.4. The van der Waals surface area contributed by atoms with Crippen LogP contribution in [0.5, 0.6) is 0 Å². The van der Waals surface area contributed by atoms with Gasteiger partial charge in [0, 0.05) is 37.8 Å². The highest BCUT2D eigenvalue weighted by molar-refractivity contribution is 5.34. The van der Waals surface area contributed by atoms with Gasteiger partial charge in [-0.25, -0.2) is 0 Å². The monoisotopic (exact) mass is 315 g/mol. The van der Waals surface area contributed by atoms with E-state index in [1.54, 1.807) is 0 Å². The Kier molecular flexibility index (Phi) is 8.10. The van der Waals surface area contributed by atoms with Crippen LogP contribution in [0.25, 0.3) is 0 Å². The smallest absolute Gasteiger partial charge is 0.0594 e. The van der Waals surface area contributed by atoms with E-state index in [2.05, 4.69) is 47.0 Å². The van der Waals surface area contributed by atoms with Crippen molar-refractivity contribution in [3.63, 3.8) is 0 Å². The third-order valence-electron chi connectivity index (χ3n) is 3.80. The Morgan fingerprint density at radius 3 is 2.96 bits per heavy atom. The van der Waals surface area contributed by atoms with Crippen LogP contribution in [0, 0.1) is 17.8 Å². The number of morpholine rings is 1. The molecule has 1 saturated heterocycles. The van der Waals surface area contributed by atoms with E-state index in [0.717, 1.165) is 70.0 Å². The molecule has 1 aliphatic rings. The molecule has 1 aromatic rings. The molecule has 0 aliphatic carbocycles. The summed E-state index contributed by atoms with van der Waals surface area (Å²) in [6.07, 6.45) is 3.95. The van der Waals surface area contributed by atoms with Gasteiger partial charge in [-0.15, -0.1) is 0 Å². The van der Waals surface area contributed by atoms with Crippen molar-refractivity contribution in [3.05, 3.63) is 29.6 Å². The predicted molar refractivity (Wildman–Crippen MR) is 94.2 cm³/mol. The molecule has 2 rings (SSSR count). The molecule has 1 N–H and O–H groups in total. The van der Waals surface area contributed by atoms with Gasteiger partial charge in [0.2, 0.25) is 0 Å². The summed E-state index contributed by atoms with van der Waals surface area (Å²) in [4.78, 5) is 6.88. The van der Waals surface area contributed by atoms with Gasteiger partial charge in [-0.2, -0.15) is 0 Å². The zero-order valence-electron chi connectivity index (χ0n) is 14.5. The fraction of sp³-hybridized carbons (Fsp3) is 0.632. The number of aromatic nitrogens is 1. The largest absolute Gasteiger partial charge is 0.379 e. The fourth-order valence-corrected chi connectivity index (χ4v) is 2.48. The minimum atomic E-state index is 0.622. The van der Waals surface area contributed by atoms with Gasteiger partial charge >= 0.3 is 0 Å². The summed E-state index contributed by atoms with van der Waals surface area (Å²) in [5.41, 5.74) is 2.12. The Morgan fingerprint density at radius 2 is 2.17 bits per heavy atom. The molecule has 2 heterocycles. The minimum Gasteiger partial charge on any atom is -0.379 e. The Bertz CT molecular complexity index is 513. The van der Waals surface area contributed by atoms with Crippen LogP contribution in [-0.4, -0.2) is 49.3 Å². The molecule has 0 atom stereocenters. The number of ether oxygens (including phenoxy) is 1. The van der Waals surface area contributed by atoms with Crippen LogP contribution in [0.1, 0.15) is 37.9 Å². The molecule has 4 nitrogen and oxygen atoms in total. The van der Waals surface area contributed by atoms with E-state index in [1.807, 2.05) is 12.3 Å². The first-order valence-corrected chi connectivity index (χ1v) is 8.68. The summed E-state index contributed by atoms with van der Waals surface area (Å²) in [7, 11) is 0. The van der Waals surface area contributed by atoms with Gasteiger partial charge < -0.3 is 10.1 Å². The van der Waals surface area contributed by atoms with Gasteiger partial charge in [-0.05, 0) is 37.6 Å². The molecule has 0 radical (unpaired) electrons. The van der Waals surface area contributed by atoms with Crippen molar-refractivity contribution in [2.75, 3.05) is 39.4 Å². The molecule has 1 aliphatic heterocycles. The van der Waals surface area contributed by atoms with Gasteiger partial charge in [0.25, 0.3) is 0 Å². The molecule has 0 bridgehead atoms. The van der Waals surface area contributed by atoms with Crippen molar-refractivity contribution in [1.29, 1.82) is 0 Å². The summed E-state index contributed by atoms with van der Waals surface area (Å²) < 4.78 is 5.36. The van der Waals surface area contributed by atoms with Crippen LogP contribution in [0.3, 0.4) is 0 Å². The molecule has 0 saturated carbocycles. The molecular weight excluding hydrogens is 286 g/mol. The van der Waals surface area contributed by atoms with E-state index >= 15 is 0 Å². The maximum atomic E-state index is 5.36. The zero-order valence-corrected chi connectivity index (χ0v) is 14.5. The van der Waals surface area contributed by atoms with Crippen molar-refractivity contribution in [1.82, 2.24) is 15.2 Å². The van der Waals surface area contributed by atoms with Gasteiger partial charge in [0.05, 0.1) is 18.9 Å². The van der Waals surface area contributed by atoms with Crippen molar-refractivity contribution < 1.29 is 4.74 Å². The number of hydrogen-bond acceptors (Lipinski definition) is 4.